The SMILES string of the molecule is CN1CCC(Nc2nc3nonc3nc2Nc2ccccc2F)CC1. The number of rotatable bonds is 4. The number of para-hydroxylation sites is 1. The van der Waals surface area contributed by atoms with Gasteiger partial charge in [0, 0.05) is 6.04 Å². The predicted octanol–water partition coefficient (Wildman–Crippen LogP) is 2.40. The minimum Gasteiger partial charge on any atom is -0.364 e. The third-order valence-corrected chi connectivity index (χ3v) is 4.30. The van der Waals surface area contributed by atoms with E-state index in [2.05, 4.69) is 42.9 Å². The number of likely N-dealkylation sites (tertiary alicyclic amines) is 1. The summed E-state index contributed by atoms with van der Waals surface area (Å²) in [4.78, 5) is 11.1. The molecule has 0 unspecified atom stereocenters. The van der Waals surface area contributed by atoms with Crippen LogP contribution in [0, 0.1) is 5.82 Å². The molecule has 8 nitrogen and oxygen atoms in total. The molecule has 0 spiro atoms. The van der Waals surface area contributed by atoms with Gasteiger partial charge in [0.05, 0.1) is 5.69 Å². The number of fused-ring (bicyclic) bond motifs is 1. The summed E-state index contributed by atoms with van der Waals surface area (Å²) < 4.78 is 18.7. The molecule has 2 aromatic heterocycles. The van der Waals surface area contributed by atoms with Crippen LogP contribution in [0.4, 0.5) is 21.7 Å². The van der Waals surface area contributed by atoms with Crippen molar-refractivity contribution in [3.8, 4) is 0 Å². The quantitative estimate of drug-likeness (QED) is 0.746. The standard InChI is InChI=1S/C16H18FN7O/c1-24-8-6-10(7-9-24)18-13-14(19-12-5-3-2-4-11(12)17)21-16-15(20-13)22-25-23-16/h2-5,10H,6-9H2,1H3,(H,18,20,22)(H,19,21,23). The first-order valence-corrected chi connectivity index (χ1v) is 8.16. The molecule has 3 heterocycles. The molecule has 0 aliphatic carbocycles. The average Bonchev–Trinajstić information content (AvgIpc) is 3.06. The van der Waals surface area contributed by atoms with Gasteiger partial charge in [-0.25, -0.2) is 19.0 Å². The van der Waals surface area contributed by atoms with Crippen molar-refractivity contribution >= 4 is 28.6 Å². The molecule has 1 aromatic carbocycles. The van der Waals surface area contributed by atoms with Crippen LogP contribution in [-0.2, 0) is 0 Å². The van der Waals surface area contributed by atoms with Gasteiger partial charge in [-0.1, -0.05) is 12.1 Å². The van der Waals surface area contributed by atoms with Crippen molar-refractivity contribution in [2.24, 2.45) is 0 Å². The van der Waals surface area contributed by atoms with Crippen LogP contribution in [0.5, 0.6) is 0 Å². The lowest BCUT2D eigenvalue weighted by atomic mass is 10.1. The largest absolute Gasteiger partial charge is 0.364 e. The fourth-order valence-corrected chi connectivity index (χ4v) is 2.86. The Morgan fingerprint density at radius 2 is 1.76 bits per heavy atom. The molecule has 4 rings (SSSR count). The molecule has 0 radical (unpaired) electrons. The van der Waals surface area contributed by atoms with E-state index in [-0.39, 0.29) is 17.5 Å². The van der Waals surface area contributed by atoms with Gasteiger partial charge in [-0.2, -0.15) is 0 Å². The zero-order valence-electron chi connectivity index (χ0n) is 13.7. The van der Waals surface area contributed by atoms with Gasteiger partial charge in [-0.3, -0.25) is 0 Å². The third-order valence-electron chi connectivity index (χ3n) is 4.30. The molecule has 1 aliphatic heterocycles. The van der Waals surface area contributed by atoms with Crippen molar-refractivity contribution in [3.63, 3.8) is 0 Å². The summed E-state index contributed by atoms with van der Waals surface area (Å²) in [6, 6.07) is 6.68. The van der Waals surface area contributed by atoms with Crippen LogP contribution >= 0.6 is 0 Å². The fraction of sp³-hybridized carbons (Fsp3) is 0.375. The first kappa shape index (κ1) is 15.7. The first-order valence-electron chi connectivity index (χ1n) is 8.16. The molecular weight excluding hydrogens is 325 g/mol. The summed E-state index contributed by atoms with van der Waals surface area (Å²) >= 11 is 0. The van der Waals surface area contributed by atoms with E-state index in [9.17, 15) is 4.39 Å². The van der Waals surface area contributed by atoms with Crippen LogP contribution in [-0.4, -0.2) is 51.4 Å². The molecular formula is C16H18FN7O. The molecule has 9 heteroatoms. The number of hydrogen-bond donors (Lipinski definition) is 2. The lowest BCUT2D eigenvalue weighted by Crippen LogP contribution is -2.37. The lowest BCUT2D eigenvalue weighted by molar-refractivity contribution is 0.263. The van der Waals surface area contributed by atoms with Gasteiger partial charge < -0.3 is 15.5 Å². The molecule has 0 atom stereocenters. The number of piperidine rings is 1. The Morgan fingerprint density at radius 3 is 2.48 bits per heavy atom. The van der Waals surface area contributed by atoms with E-state index >= 15 is 0 Å². The third kappa shape index (κ3) is 3.36. The van der Waals surface area contributed by atoms with Gasteiger partial charge in [0.15, 0.2) is 11.6 Å². The van der Waals surface area contributed by atoms with Gasteiger partial charge in [0.25, 0.3) is 0 Å². The highest BCUT2D eigenvalue weighted by atomic mass is 19.1. The van der Waals surface area contributed by atoms with Crippen LogP contribution in [0.2, 0.25) is 0 Å². The molecule has 0 bridgehead atoms. The molecule has 3 aromatic rings. The van der Waals surface area contributed by atoms with Crippen molar-refractivity contribution in [1.82, 2.24) is 25.2 Å². The van der Waals surface area contributed by atoms with Gasteiger partial charge >= 0.3 is 0 Å². The number of nitrogens with zero attached hydrogens (tertiary/aromatic N) is 5. The van der Waals surface area contributed by atoms with Crippen LogP contribution in [0.15, 0.2) is 28.9 Å². The average molecular weight is 343 g/mol. The Bertz CT molecular complexity index is 876. The zero-order chi connectivity index (χ0) is 17.2. The Balaban J connectivity index is 1.65. The molecule has 0 amide bonds. The summed E-state index contributed by atoms with van der Waals surface area (Å²) in [6.07, 6.45) is 1.98. The van der Waals surface area contributed by atoms with E-state index in [1.54, 1.807) is 18.2 Å². The fourth-order valence-electron chi connectivity index (χ4n) is 2.86. The van der Waals surface area contributed by atoms with Gasteiger partial charge in [0.2, 0.25) is 11.3 Å². The Morgan fingerprint density at radius 1 is 1.08 bits per heavy atom. The van der Waals surface area contributed by atoms with E-state index in [0.717, 1.165) is 25.9 Å². The summed E-state index contributed by atoms with van der Waals surface area (Å²) in [5, 5.41) is 13.8. The normalized spacial score (nSPS) is 16.2. The smallest absolute Gasteiger partial charge is 0.245 e. The highest BCUT2D eigenvalue weighted by Gasteiger charge is 2.20. The lowest BCUT2D eigenvalue weighted by Gasteiger charge is -2.30. The number of hydrogen-bond acceptors (Lipinski definition) is 8. The van der Waals surface area contributed by atoms with Crippen molar-refractivity contribution in [2.45, 2.75) is 18.9 Å². The first-order chi connectivity index (χ1) is 12.2. The van der Waals surface area contributed by atoms with Crippen molar-refractivity contribution in [3.05, 3.63) is 30.1 Å². The maximum absolute atomic E-state index is 14.0. The van der Waals surface area contributed by atoms with E-state index in [1.165, 1.54) is 6.07 Å². The van der Waals surface area contributed by atoms with Crippen LogP contribution in [0.25, 0.3) is 11.3 Å². The Labute approximate surface area is 143 Å². The van der Waals surface area contributed by atoms with E-state index < -0.39 is 0 Å². The highest BCUT2D eigenvalue weighted by Crippen LogP contribution is 2.27. The summed E-state index contributed by atoms with van der Waals surface area (Å²) in [5.41, 5.74) is 0.904. The number of nitrogens with one attached hydrogen (secondary N) is 2. The number of halogens is 1. The molecule has 130 valence electrons. The second-order valence-corrected chi connectivity index (χ2v) is 6.16. The Kier molecular flexibility index (Phi) is 4.14. The molecule has 1 fully saturated rings. The Hall–Kier alpha value is -2.81. The van der Waals surface area contributed by atoms with Gasteiger partial charge in [0.1, 0.15) is 5.82 Å². The topological polar surface area (TPSA) is 92.0 Å². The minimum absolute atomic E-state index is 0.268. The summed E-state index contributed by atoms with van der Waals surface area (Å²) in [5.74, 6) is 0.543. The maximum Gasteiger partial charge on any atom is 0.245 e. The van der Waals surface area contributed by atoms with E-state index in [4.69, 9.17) is 4.63 Å². The van der Waals surface area contributed by atoms with E-state index in [1.807, 2.05) is 0 Å². The molecule has 2 N–H and O–H groups in total. The van der Waals surface area contributed by atoms with E-state index in [0.29, 0.717) is 23.0 Å². The number of anilines is 3. The molecule has 25 heavy (non-hydrogen) atoms. The van der Waals surface area contributed by atoms with Gasteiger partial charge in [-0.15, -0.1) is 0 Å². The monoisotopic (exact) mass is 343 g/mol. The summed E-state index contributed by atoms with van der Waals surface area (Å²) in [6.45, 7) is 2.02. The minimum atomic E-state index is -0.368. The molecule has 1 aliphatic rings. The maximum atomic E-state index is 14.0. The second-order valence-electron chi connectivity index (χ2n) is 6.16. The molecule has 0 saturated carbocycles. The van der Waals surface area contributed by atoms with Gasteiger partial charge in [-0.05, 0) is 55.4 Å². The predicted molar refractivity (Wildman–Crippen MR) is 91.2 cm³/mol. The zero-order valence-corrected chi connectivity index (χ0v) is 13.7. The summed E-state index contributed by atoms with van der Waals surface area (Å²) in [7, 11) is 2.11. The van der Waals surface area contributed by atoms with Crippen LogP contribution in [0.3, 0.4) is 0 Å². The van der Waals surface area contributed by atoms with Crippen molar-refractivity contribution < 1.29 is 9.02 Å². The van der Waals surface area contributed by atoms with Crippen LogP contribution < -0.4 is 10.6 Å². The van der Waals surface area contributed by atoms with Crippen molar-refractivity contribution in [2.75, 3.05) is 30.8 Å². The van der Waals surface area contributed by atoms with Crippen LogP contribution in [0.1, 0.15) is 12.8 Å². The molecule has 1 saturated heterocycles. The second kappa shape index (κ2) is 6.60. The number of benzene rings is 1. The van der Waals surface area contributed by atoms with Crippen molar-refractivity contribution in [1.29, 1.82) is 0 Å². The number of aromatic nitrogens is 4. The highest BCUT2D eigenvalue weighted by molar-refractivity contribution is 5.76.